The van der Waals surface area contributed by atoms with Gasteiger partial charge >= 0.3 is 0 Å². The largest absolute Gasteiger partial charge is 0.369 e. The van der Waals surface area contributed by atoms with Crippen molar-refractivity contribution >= 4 is 0 Å². The third kappa shape index (κ3) is 5.85. The van der Waals surface area contributed by atoms with Gasteiger partial charge in [-0.15, -0.1) is 0 Å². The van der Waals surface area contributed by atoms with E-state index in [9.17, 15) is 0 Å². The standard InChI is InChI=1S/C24H36O/c1-18-20(21(24(5,6)7)16-23(2,3)4)14-11-15-22(18)25-17-19-12-9-8-10-13-19/h8-15,18,21-22H,16-17H2,1-7H3. The maximum Gasteiger partial charge on any atom is 0.0826 e. The minimum atomic E-state index is 0.157. The monoisotopic (exact) mass is 340 g/mol. The molecule has 138 valence electrons. The quantitative estimate of drug-likeness (QED) is 0.572. The molecule has 25 heavy (non-hydrogen) atoms. The summed E-state index contributed by atoms with van der Waals surface area (Å²) in [6, 6.07) is 10.5. The van der Waals surface area contributed by atoms with E-state index < -0.39 is 0 Å². The third-order valence-electron chi connectivity index (χ3n) is 5.16. The molecule has 0 aromatic heterocycles. The SMILES string of the molecule is CC1C(C(CC(C)(C)C)C(C)(C)C)=CC=CC1OCc1ccccc1. The number of allylic oxidation sites excluding steroid dienone is 2. The molecule has 0 radical (unpaired) electrons. The van der Waals surface area contributed by atoms with E-state index in [0.717, 1.165) is 0 Å². The van der Waals surface area contributed by atoms with Crippen LogP contribution < -0.4 is 0 Å². The molecule has 0 heterocycles. The molecule has 0 spiro atoms. The average molecular weight is 341 g/mol. The Labute approximate surface area is 155 Å². The fourth-order valence-corrected chi connectivity index (χ4v) is 3.72. The average Bonchev–Trinajstić information content (AvgIpc) is 2.51. The molecule has 0 fully saturated rings. The molecule has 3 unspecified atom stereocenters. The second-order valence-corrected chi connectivity index (χ2v) is 9.78. The van der Waals surface area contributed by atoms with Crippen molar-refractivity contribution in [1.29, 1.82) is 0 Å². The van der Waals surface area contributed by atoms with Crippen LogP contribution in [0.4, 0.5) is 0 Å². The van der Waals surface area contributed by atoms with Crippen LogP contribution >= 0.6 is 0 Å². The summed E-state index contributed by atoms with van der Waals surface area (Å²) < 4.78 is 6.28. The number of hydrogen-bond donors (Lipinski definition) is 0. The van der Waals surface area contributed by atoms with Crippen molar-refractivity contribution < 1.29 is 4.74 Å². The summed E-state index contributed by atoms with van der Waals surface area (Å²) in [4.78, 5) is 0. The Morgan fingerprint density at radius 3 is 2.20 bits per heavy atom. The lowest BCUT2D eigenvalue weighted by atomic mass is 9.65. The second kappa shape index (κ2) is 7.91. The highest BCUT2D eigenvalue weighted by atomic mass is 16.5. The summed E-state index contributed by atoms with van der Waals surface area (Å²) in [5.41, 5.74) is 3.35. The van der Waals surface area contributed by atoms with E-state index in [4.69, 9.17) is 4.74 Å². The van der Waals surface area contributed by atoms with Gasteiger partial charge in [0.2, 0.25) is 0 Å². The molecule has 3 atom stereocenters. The van der Waals surface area contributed by atoms with E-state index in [2.05, 4.69) is 91.0 Å². The molecule has 1 aliphatic rings. The van der Waals surface area contributed by atoms with Crippen molar-refractivity contribution in [3.05, 3.63) is 59.7 Å². The van der Waals surface area contributed by atoms with Gasteiger partial charge in [0.25, 0.3) is 0 Å². The van der Waals surface area contributed by atoms with Gasteiger partial charge in [0, 0.05) is 5.92 Å². The maximum absolute atomic E-state index is 6.28. The predicted octanol–water partition coefficient (Wildman–Crippen LogP) is 6.80. The second-order valence-electron chi connectivity index (χ2n) is 9.78. The Balaban J connectivity index is 2.12. The molecule has 0 N–H and O–H groups in total. The van der Waals surface area contributed by atoms with Crippen molar-refractivity contribution in [2.45, 2.75) is 67.6 Å². The Bertz CT molecular complexity index is 595. The van der Waals surface area contributed by atoms with Crippen molar-refractivity contribution in [3.8, 4) is 0 Å². The highest BCUT2D eigenvalue weighted by molar-refractivity contribution is 5.27. The molecular weight excluding hydrogens is 304 g/mol. The van der Waals surface area contributed by atoms with Crippen LogP contribution in [0.3, 0.4) is 0 Å². The van der Waals surface area contributed by atoms with E-state index in [1.54, 1.807) is 5.57 Å². The van der Waals surface area contributed by atoms with E-state index >= 15 is 0 Å². The molecule has 1 aliphatic carbocycles. The summed E-state index contributed by atoms with van der Waals surface area (Å²) in [6.45, 7) is 17.1. The molecular formula is C24H36O. The van der Waals surface area contributed by atoms with Crippen molar-refractivity contribution in [2.24, 2.45) is 22.7 Å². The van der Waals surface area contributed by atoms with Crippen molar-refractivity contribution in [2.75, 3.05) is 0 Å². The number of hydrogen-bond acceptors (Lipinski definition) is 1. The lowest BCUT2D eigenvalue weighted by molar-refractivity contribution is 0.0385. The topological polar surface area (TPSA) is 9.23 Å². The van der Waals surface area contributed by atoms with Gasteiger partial charge in [0.05, 0.1) is 12.7 Å². The Morgan fingerprint density at radius 1 is 1.00 bits per heavy atom. The molecule has 0 saturated carbocycles. The molecule has 2 rings (SSSR count). The number of ether oxygens (including phenoxy) is 1. The molecule has 0 aliphatic heterocycles. The molecule has 0 saturated heterocycles. The lowest BCUT2D eigenvalue weighted by Gasteiger charge is -2.41. The highest BCUT2D eigenvalue weighted by Gasteiger charge is 2.36. The van der Waals surface area contributed by atoms with Crippen molar-refractivity contribution in [1.82, 2.24) is 0 Å². The van der Waals surface area contributed by atoms with Crippen LogP contribution in [-0.4, -0.2) is 6.10 Å². The van der Waals surface area contributed by atoms with Gasteiger partial charge in [-0.25, -0.2) is 0 Å². The zero-order valence-corrected chi connectivity index (χ0v) is 17.2. The van der Waals surface area contributed by atoms with Gasteiger partial charge in [-0.05, 0) is 28.7 Å². The summed E-state index contributed by atoms with van der Waals surface area (Å²) in [7, 11) is 0. The lowest BCUT2D eigenvalue weighted by Crippen LogP contribution is -2.34. The van der Waals surface area contributed by atoms with Crippen LogP contribution in [0.1, 0.15) is 60.5 Å². The van der Waals surface area contributed by atoms with Crippen LogP contribution in [0.15, 0.2) is 54.1 Å². The molecule has 1 heteroatoms. The highest BCUT2D eigenvalue weighted by Crippen LogP contribution is 2.44. The van der Waals surface area contributed by atoms with E-state index in [-0.39, 0.29) is 11.5 Å². The van der Waals surface area contributed by atoms with Gasteiger partial charge in [0.1, 0.15) is 0 Å². The zero-order chi connectivity index (χ0) is 18.7. The molecule has 1 aromatic rings. The molecule has 1 aromatic carbocycles. The van der Waals surface area contributed by atoms with Gasteiger partial charge in [-0.3, -0.25) is 0 Å². The normalized spacial score (nSPS) is 22.6. The zero-order valence-electron chi connectivity index (χ0n) is 17.2. The maximum atomic E-state index is 6.28. The fraction of sp³-hybridized carbons (Fsp3) is 0.583. The molecule has 1 nitrogen and oxygen atoms in total. The Kier molecular flexibility index (Phi) is 6.32. The summed E-state index contributed by atoms with van der Waals surface area (Å²) in [6.07, 6.45) is 8.12. The smallest absolute Gasteiger partial charge is 0.0826 e. The van der Waals surface area contributed by atoms with Crippen LogP contribution in [-0.2, 0) is 11.3 Å². The predicted molar refractivity (Wildman–Crippen MR) is 108 cm³/mol. The van der Waals surface area contributed by atoms with Crippen LogP contribution in [0.2, 0.25) is 0 Å². The first-order valence-electron chi connectivity index (χ1n) is 9.62. The first kappa shape index (κ1) is 20.0. The van der Waals surface area contributed by atoms with Gasteiger partial charge in [0.15, 0.2) is 0 Å². The Morgan fingerprint density at radius 2 is 1.64 bits per heavy atom. The van der Waals surface area contributed by atoms with Crippen LogP contribution in [0.25, 0.3) is 0 Å². The van der Waals surface area contributed by atoms with Gasteiger partial charge in [-0.1, -0.05) is 103 Å². The third-order valence-corrected chi connectivity index (χ3v) is 5.16. The van der Waals surface area contributed by atoms with Crippen molar-refractivity contribution in [3.63, 3.8) is 0 Å². The fourth-order valence-electron chi connectivity index (χ4n) is 3.72. The Hall–Kier alpha value is -1.34. The first-order chi connectivity index (χ1) is 11.6. The summed E-state index contributed by atoms with van der Waals surface area (Å²) in [5.74, 6) is 0.982. The van der Waals surface area contributed by atoms with Gasteiger partial charge in [-0.2, -0.15) is 0 Å². The van der Waals surface area contributed by atoms with Crippen LogP contribution in [0, 0.1) is 22.7 Å². The first-order valence-corrected chi connectivity index (χ1v) is 9.62. The van der Waals surface area contributed by atoms with Gasteiger partial charge < -0.3 is 4.74 Å². The van der Waals surface area contributed by atoms with Crippen LogP contribution in [0.5, 0.6) is 0 Å². The summed E-state index contributed by atoms with van der Waals surface area (Å²) in [5, 5.41) is 0. The molecule has 0 bridgehead atoms. The minimum absolute atomic E-state index is 0.157. The number of rotatable bonds is 5. The number of benzene rings is 1. The minimum Gasteiger partial charge on any atom is -0.369 e. The summed E-state index contributed by atoms with van der Waals surface area (Å²) >= 11 is 0. The van der Waals surface area contributed by atoms with E-state index in [1.165, 1.54) is 12.0 Å². The van der Waals surface area contributed by atoms with E-state index in [0.29, 0.717) is 23.9 Å². The van der Waals surface area contributed by atoms with E-state index in [1.807, 2.05) is 6.07 Å². The molecule has 0 amide bonds.